The topological polar surface area (TPSA) is 43.3 Å². The number of nitrogens with two attached hydrogens (primary N) is 1. The Balaban J connectivity index is 1.83. The second-order valence-electron chi connectivity index (χ2n) is 6.33. The van der Waals surface area contributed by atoms with Crippen molar-refractivity contribution in [1.82, 2.24) is 9.38 Å². The number of nitrogen functional groups attached to an aromatic ring is 1. The van der Waals surface area contributed by atoms with Gasteiger partial charge < -0.3 is 5.73 Å². The van der Waals surface area contributed by atoms with E-state index in [4.69, 9.17) is 10.7 Å². The minimum absolute atomic E-state index is 0.776. The van der Waals surface area contributed by atoms with Crippen molar-refractivity contribution < 1.29 is 0 Å². The molecule has 2 heterocycles. The van der Waals surface area contributed by atoms with Gasteiger partial charge in [-0.15, -0.1) is 11.3 Å². The zero-order chi connectivity index (χ0) is 15.3. The van der Waals surface area contributed by atoms with Gasteiger partial charge in [0.2, 0.25) is 0 Å². The molecule has 22 heavy (non-hydrogen) atoms. The monoisotopic (exact) mass is 311 g/mol. The Labute approximate surface area is 134 Å². The smallest absolute Gasteiger partial charge is 0.196 e. The highest BCUT2D eigenvalue weighted by Gasteiger charge is 2.24. The van der Waals surface area contributed by atoms with Crippen molar-refractivity contribution in [1.29, 1.82) is 0 Å². The number of rotatable bonds is 2. The highest BCUT2D eigenvalue weighted by Crippen LogP contribution is 2.37. The normalized spacial score (nSPS) is 17.8. The molecule has 2 aromatic heterocycles. The van der Waals surface area contributed by atoms with Gasteiger partial charge in [-0.25, -0.2) is 4.98 Å². The van der Waals surface area contributed by atoms with E-state index >= 15 is 0 Å². The Kier molecular flexibility index (Phi) is 3.22. The lowest BCUT2D eigenvalue weighted by Crippen LogP contribution is -2.11. The summed E-state index contributed by atoms with van der Waals surface area (Å²) < 4.78 is 2.19. The molecule has 4 rings (SSSR count). The van der Waals surface area contributed by atoms with Crippen LogP contribution in [0, 0.1) is 5.92 Å². The summed E-state index contributed by atoms with van der Waals surface area (Å²) in [7, 11) is 0. The van der Waals surface area contributed by atoms with Crippen molar-refractivity contribution in [2.75, 3.05) is 5.73 Å². The summed E-state index contributed by atoms with van der Waals surface area (Å²) in [5.74, 6) is 1.57. The molecule has 3 nitrogen and oxygen atoms in total. The third kappa shape index (κ3) is 2.05. The molecule has 1 aliphatic rings. The van der Waals surface area contributed by atoms with Crippen LogP contribution in [-0.4, -0.2) is 9.38 Å². The van der Waals surface area contributed by atoms with Crippen molar-refractivity contribution in [2.24, 2.45) is 5.92 Å². The van der Waals surface area contributed by atoms with Crippen molar-refractivity contribution in [2.45, 2.75) is 39.5 Å². The van der Waals surface area contributed by atoms with Crippen LogP contribution in [0.5, 0.6) is 0 Å². The van der Waals surface area contributed by atoms with Crippen LogP contribution in [0.15, 0.2) is 24.3 Å². The molecular formula is C18H21N3S. The van der Waals surface area contributed by atoms with Crippen LogP contribution in [0.1, 0.15) is 36.4 Å². The van der Waals surface area contributed by atoms with E-state index in [1.165, 1.54) is 29.0 Å². The van der Waals surface area contributed by atoms with Crippen LogP contribution in [0.25, 0.3) is 16.2 Å². The molecule has 1 unspecified atom stereocenters. The number of hydrogen-bond acceptors (Lipinski definition) is 3. The molecule has 3 aromatic rings. The molecule has 0 fully saturated rings. The van der Waals surface area contributed by atoms with Gasteiger partial charge in [0.25, 0.3) is 0 Å². The minimum atomic E-state index is 0.776. The van der Waals surface area contributed by atoms with E-state index in [2.05, 4.69) is 42.5 Å². The molecule has 0 radical (unpaired) electrons. The molecule has 1 aromatic carbocycles. The SMILES string of the molecule is CCc1ccc(-c2nc3sc4c(n3c2N)CCC(C)C4)cc1. The number of benzene rings is 1. The number of anilines is 1. The van der Waals surface area contributed by atoms with Gasteiger partial charge in [0.05, 0.1) is 0 Å². The minimum Gasteiger partial charge on any atom is -0.383 e. The van der Waals surface area contributed by atoms with E-state index in [0.29, 0.717) is 0 Å². The number of aryl methyl sites for hydroxylation is 2. The molecular weight excluding hydrogens is 290 g/mol. The standard InChI is InChI=1S/C18H21N3S/c1-3-12-5-7-13(8-6-12)16-17(19)21-14-9-4-11(2)10-15(14)22-18(21)20-16/h5-8,11H,3-4,9-10,19H2,1-2H3. The summed E-state index contributed by atoms with van der Waals surface area (Å²) in [4.78, 5) is 7.34. The van der Waals surface area contributed by atoms with Gasteiger partial charge in [0, 0.05) is 16.1 Å². The second kappa shape index (κ2) is 5.13. The second-order valence-corrected chi connectivity index (χ2v) is 7.40. The van der Waals surface area contributed by atoms with Crippen LogP contribution >= 0.6 is 11.3 Å². The fourth-order valence-electron chi connectivity index (χ4n) is 3.36. The summed E-state index contributed by atoms with van der Waals surface area (Å²) in [5.41, 5.74) is 11.2. The van der Waals surface area contributed by atoms with Gasteiger partial charge >= 0.3 is 0 Å². The van der Waals surface area contributed by atoms with Gasteiger partial charge in [-0.05, 0) is 37.2 Å². The lowest BCUT2D eigenvalue weighted by molar-refractivity contribution is 0.499. The first kappa shape index (κ1) is 13.8. The third-order valence-electron chi connectivity index (χ3n) is 4.73. The maximum atomic E-state index is 6.45. The molecule has 1 aliphatic carbocycles. The molecule has 4 heteroatoms. The largest absolute Gasteiger partial charge is 0.383 e. The number of thiazole rings is 1. The average Bonchev–Trinajstić information content (AvgIpc) is 3.03. The molecule has 2 N–H and O–H groups in total. The van der Waals surface area contributed by atoms with E-state index in [-0.39, 0.29) is 0 Å². The predicted octanol–water partition coefficient (Wildman–Crippen LogP) is 4.33. The summed E-state index contributed by atoms with van der Waals surface area (Å²) >= 11 is 1.81. The Morgan fingerprint density at radius 3 is 2.82 bits per heavy atom. The fraction of sp³-hybridized carbons (Fsp3) is 0.389. The third-order valence-corrected chi connectivity index (χ3v) is 5.84. The van der Waals surface area contributed by atoms with Gasteiger partial charge in [-0.3, -0.25) is 4.40 Å². The lowest BCUT2D eigenvalue weighted by Gasteiger charge is -2.17. The average molecular weight is 311 g/mol. The zero-order valence-corrected chi connectivity index (χ0v) is 13.9. The number of aromatic nitrogens is 2. The molecule has 0 bridgehead atoms. The summed E-state index contributed by atoms with van der Waals surface area (Å²) in [6.07, 6.45) is 4.59. The summed E-state index contributed by atoms with van der Waals surface area (Å²) in [6.45, 7) is 4.50. The highest BCUT2D eigenvalue weighted by atomic mass is 32.1. The molecule has 0 saturated heterocycles. The molecule has 0 aliphatic heterocycles. The van der Waals surface area contributed by atoms with Crippen molar-refractivity contribution in [3.63, 3.8) is 0 Å². The summed E-state index contributed by atoms with van der Waals surface area (Å²) in [6, 6.07) is 8.60. The number of fused-ring (bicyclic) bond motifs is 3. The number of imidazole rings is 1. The first-order valence-electron chi connectivity index (χ1n) is 8.05. The quantitative estimate of drug-likeness (QED) is 0.765. The summed E-state index contributed by atoms with van der Waals surface area (Å²) in [5, 5.41) is 0. The Hall–Kier alpha value is -1.81. The van der Waals surface area contributed by atoms with E-state index in [0.717, 1.165) is 40.8 Å². The Morgan fingerprint density at radius 1 is 1.32 bits per heavy atom. The van der Waals surface area contributed by atoms with Crippen LogP contribution in [-0.2, 0) is 19.3 Å². The van der Waals surface area contributed by atoms with Crippen molar-refractivity contribution >= 4 is 22.1 Å². The molecule has 1 atom stereocenters. The van der Waals surface area contributed by atoms with Crippen molar-refractivity contribution in [3.05, 3.63) is 40.4 Å². The highest BCUT2D eigenvalue weighted by molar-refractivity contribution is 7.17. The predicted molar refractivity (Wildman–Crippen MR) is 93.5 cm³/mol. The maximum Gasteiger partial charge on any atom is 0.196 e. The van der Waals surface area contributed by atoms with Crippen LogP contribution in [0.2, 0.25) is 0 Å². The van der Waals surface area contributed by atoms with Crippen LogP contribution in [0.3, 0.4) is 0 Å². The molecule has 0 amide bonds. The van der Waals surface area contributed by atoms with E-state index < -0.39 is 0 Å². The van der Waals surface area contributed by atoms with Crippen LogP contribution in [0.4, 0.5) is 5.82 Å². The van der Waals surface area contributed by atoms with Gasteiger partial charge in [-0.2, -0.15) is 0 Å². The Bertz CT molecular complexity index is 826. The van der Waals surface area contributed by atoms with E-state index in [9.17, 15) is 0 Å². The Morgan fingerprint density at radius 2 is 2.09 bits per heavy atom. The zero-order valence-electron chi connectivity index (χ0n) is 13.1. The van der Waals surface area contributed by atoms with Crippen molar-refractivity contribution in [3.8, 4) is 11.3 Å². The first-order valence-corrected chi connectivity index (χ1v) is 8.86. The first-order chi connectivity index (χ1) is 10.7. The molecule has 0 spiro atoms. The van der Waals surface area contributed by atoms with Gasteiger partial charge in [-0.1, -0.05) is 38.1 Å². The van der Waals surface area contributed by atoms with E-state index in [1.807, 2.05) is 11.3 Å². The molecule has 0 saturated carbocycles. The van der Waals surface area contributed by atoms with E-state index in [1.54, 1.807) is 0 Å². The number of nitrogens with zero attached hydrogens (tertiary/aromatic N) is 2. The fourth-order valence-corrected chi connectivity index (χ4v) is 4.69. The maximum absolute atomic E-state index is 6.45. The molecule has 114 valence electrons. The lowest BCUT2D eigenvalue weighted by atomic mass is 9.93. The van der Waals surface area contributed by atoms with Gasteiger partial charge in [0.1, 0.15) is 11.5 Å². The number of hydrogen-bond donors (Lipinski definition) is 1. The van der Waals surface area contributed by atoms with Gasteiger partial charge in [0.15, 0.2) is 4.96 Å². The van der Waals surface area contributed by atoms with Crippen LogP contribution < -0.4 is 5.73 Å².